The van der Waals surface area contributed by atoms with Crippen molar-refractivity contribution in [1.29, 1.82) is 0 Å². The summed E-state index contributed by atoms with van der Waals surface area (Å²) in [5.74, 6) is -0.340. The van der Waals surface area contributed by atoms with Crippen LogP contribution >= 0.6 is 0 Å². The van der Waals surface area contributed by atoms with Crippen molar-refractivity contribution in [3.05, 3.63) is 47.8 Å². The lowest BCUT2D eigenvalue weighted by Gasteiger charge is -2.24. The molecule has 0 spiro atoms. The van der Waals surface area contributed by atoms with E-state index >= 15 is 0 Å². The Morgan fingerprint density at radius 2 is 2.00 bits per heavy atom. The quantitative estimate of drug-likeness (QED) is 0.877. The van der Waals surface area contributed by atoms with Crippen LogP contribution in [0.5, 0.6) is 0 Å². The second kappa shape index (κ2) is 6.36. The number of ether oxygens (including phenoxy) is 1. The predicted molar refractivity (Wildman–Crippen MR) is 86.8 cm³/mol. The topological polar surface area (TPSA) is 45.3 Å². The molecule has 4 nitrogen and oxygen atoms in total. The van der Waals surface area contributed by atoms with E-state index in [1.807, 2.05) is 12.3 Å². The van der Waals surface area contributed by atoms with Crippen molar-refractivity contribution in [3.63, 3.8) is 0 Å². The van der Waals surface area contributed by atoms with E-state index in [2.05, 4.69) is 41.1 Å². The third-order valence-electron chi connectivity index (χ3n) is 4.48. The van der Waals surface area contributed by atoms with Gasteiger partial charge in [-0.15, -0.1) is 0 Å². The molecule has 3 rings (SSSR count). The number of carbonyl (C=O) groups is 1. The van der Waals surface area contributed by atoms with E-state index in [0.29, 0.717) is 11.7 Å². The Labute approximate surface area is 131 Å². The Kier molecular flexibility index (Phi) is 4.29. The van der Waals surface area contributed by atoms with Gasteiger partial charge in [0.1, 0.15) is 5.69 Å². The monoisotopic (exact) mass is 298 g/mol. The Morgan fingerprint density at radius 1 is 1.23 bits per heavy atom. The van der Waals surface area contributed by atoms with Gasteiger partial charge in [0.25, 0.3) is 0 Å². The molecule has 1 aliphatic rings. The molecule has 0 radical (unpaired) electrons. The summed E-state index contributed by atoms with van der Waals surface area (Å²) in [5, 5.41) is 0. The van der Waals surface area contributed by atoms with E-state index < -0.39 is 0 Å². The predicted octanol–water partition coefficient (Wildman–Crippen LogP) is 3.63. The number of aromatic nitrogens is 1. The molecule has 0 aliphatic carbocycles. The largest absolute Gasteiger partial charge is 0.464 e. The summed E-state index contributed by atoms with van der Waals surface area (Å²) in [6.07, 6.45) is 4.44. The van der Waals surface area contributed by atoms with Crippen LogP contribution in [0, 0.1) is 0 Å². The minimum absolute atomic E-state index is 0.340. The van der Waals surface area contributed by atoms with E-state index in [1.165, 1.54) is 38.6 Å². The van der Waals surface area contributed by atoms with Gasteiger partial charge in [-0.3, -0.25) is 4.90 Å². The second-order valence-corrected chi connectivity index (χ2v) is 5.84. The molecule has 1 saturated heterocycles. The highest BCUT2D eigenvalue weighted by Gasteiger charge is 2.19. The van der Waals surface area contributed by atoms with Crippen LogP contribution in [-0.2, 0) is 4.74 Å². The van der Waals surface area contributed by atoms with Crippen LogP contribution < -0.4 is 0 Å². The number of benzene rings is 1. The Hall–Kier alpha value is -2.07. The lowest BCUT2D eigenvalue weighted by molar-refractivity contribution is 0.0595. The lowest BCUT2D eigenvalue weighted by atomic mass is 10.0. The van der Waals surface area contributed by atoms with Crippen LogP contribution in [0.2, 0.25) is 0 Å². The maximum Gasteiger partial charge on any atom is 0.354 e. The molecule has 1 fully saturated rings. The third-order valence-corrected chi connectivity index (χ3v) is 4.48. The van der Waals surface area contributed by atoms with Gasteiger partial charge >= 0.3 is 5.97 Å². The molecule has 0 amide bonds. The highest BCUT2D eigenvalue weighted by molar-refractivity contribution is 5.89. The molecule has 1 unspecified atom stereocenters. The van der Waals surface area contributed by atoms with Gasteiger partial charge in [-0.2, -0.15) is 0 Å². The Morgan fingerprint density at radius 3 is 2.73 bits per heavy atom. The smallest absolute Gasteiger partial charge is 0.354 e. The standard InChI is InChI=1S/C18H22N2O2/c1-13(20-8-3-4-9-20)14-6-5-7-15(10-14)16-11-17(19-12-16)18(21)22-2/h5-7,10-13,19H,3-4,8-9H2,1-2H3. The number of hydrogen-bond donors (Lipinski definition) is 1. The van der Waals surface area contributed by atoms with Crippen LogP contribution in [0.15, 0.2) is 36.5 Å². The number of nitrogens with one attached hydrogen (secondary N) is 1. The minimum Gasteiger partial charge on any atom is -0.464 e. The highest BCUT2D eigenvalue weighted by atomic mass is 16.5. The van der Waals surface area contributed by atoms with Gasteiger partial charge in [-0.25, -0.2) is 4.79 Å². The number of nitrogens with zero attached hydrogens (tertiary/aromatic N) is 1. The SMILES string of the molecule is COC(=O)c1cc(-c2cccc(C(C)N3CCCC3)c2)c[nH]1. The van der Waals surface area contributed by atoms with E-state index in [4.69, 9.17) is 4.74 Å². The molecule has 1 atom stereocenters. The average Bonchev–Trinajstić information content (AvgIpc) is 3.25. The second-order valence-electron chi connectivity index (χ2n) is 5.84. The highest BCUT2D eigenvalue weighted by Crippen LogP contribution is 2.28. The van der Waals surface area contributed by atoms with Gasteiger partial charge in [0.05, 0.1) is 7.11 Å². The number of carbonyl (C=O) groups excluding carboxylic acids is 1. The normalized spacial score (nSPS) is 16.6. The molecule has 116 valence electrons. The number of methoxy groups -OCH3 is 1. The van der Waals surface area contributed by atoms with Crippen molar-refractivity contribution in [3.8, 4) is 11.1 Å². The Bertz CT molecular complexity index is 657. The molecular formula is C18H22N2O2. The van der Waals surface area contributed by atoms with Crippen molar-refractivity contribution >= 4 is 5.97 Å². The molecule has 1 aliphatic heterocycles. The van der Waals surface area contributed by atoms with Crippen molar-refractivity contribution in [1.82, 2.24) is 9.88 Å². The molecule has 0 saturated carbocycles. The van der Waals surface area contributed by atoms with Crippen molar-refractivity contribution in [2.75, 3.05) is 20.2 Å². The summed E-state index contributed by atoms with van der Waals surface area (Å²) < 4.78 is 4.74. The van der Waals surface area contributed by atoms with Crippen LogP contribution in [0.4, 0.5) is 0 Å². The maximum atomic E-state index is 11.5. The first-order chi connectivity index (χ1) is 10.7. The number of rotatable bonds is 4. The molecule has 2 aromatic rings. The van der Waals surface area contributed by atoms with Gasteiger partial charge in [0.15, 0.2) is 0 Å². The first kappa shape index (κ1) is 14.9. The molecule has 2 heterocycles. The molecule has 22 heavy (non-hydrogen) atoms. The zero-order valence-corrected chi connectivity index (χ0v) is 13.1. The summed E-state index contributed by atoms with van der Waals surface area (Å²) in [4.78, 5) is 17.0. The fraction of sp³-hybridized carbons (Fsp3) is 0.389. The first-order valence-corrected chi connectivity index (χ1v) is 7.80. The van der Waals surface area contributed by atoms with Crippen molar-refractivity contribution in [2.45, 2.75) is 25.8 Å². The molecule has 1 aromatic heterocycles. The molecule has 0 bridgehead atoms. The summed E-state index contributed by atoms with van der Waals surface area (Å²) in [5.41, 5.74) is 3.93. The van der Waals surface area contributed by atoms with Crippen LogP contribution in [-0.4, -0.2) is 36.1 Å². The molecular weight excluding hydrogens is 276 g/mol. The number of H-pyrrole nitrogens is 1. The van der Waals surface area contributed by atoms with E-state index in [1.54, 1.807) is 0 Å². The van der Waals surface area contributed by atoms with Crippen LogP contribution in [0.3, 0.4) is 0 Å². The Balaban J connectivity index is 1.84. The summed E-state index contributed by atoms with van der Waals surface area (Å²) in [7, 11) is 1.39. The lowest BCUT2D eigenvalue weighted by Crippen LogP contribution is -2.23. The molecule has 1 N–H and O–H groups in total. The van der Waals surface area contributed by atoms with Crippen molar-refractivity contribution < 1.29 is 9.53 Å². The van der Waals surface area contributed by atoms with Crippen molar-refractivity contribution in [2.24, 2.45) is 0 Å². The van der Waals surface area contributed by atoms with Gasteiger partial charge in [0.2, 0.25) is 0 Å². The number of hydrogen-bond acceptors (Lipinski definition) is 3. The molecule has 4 heteroatoms. The average molecular weight is 298 g/mol. The van der Waals surface area contributed by atoms with E-state index in [9.17, 15) is 4.79 Å². The number of aromatic amines is 1. The van der Waals surface area contributed by atoms with Gasteiger partial charge in [0, 0.05) is 17.8 Å². The van der Waals surface area contributed by atoms with E-state index in [-0.39, 0.29) is 5.97 Å². The summed E-state index contributed by atoms with van der Waals surface area (Å²) in [6.45, 7) is 4.63. The van der Waals surface area contributed by atoms with Gasteiger partial charge < -0.3 is 9.72 Å². The van der Waals surface area contributed by atoms with Gasteiger partial charge in [-0.05, 0) is 56.1 Å². The number of likely N-dealkylation sites (tertiary alicyclic amines) is 1. The third kappa shape index (κ3) is 2.92. The van der Waals surface area contributed by atoms with Gasteiger partial charge in [-0.1, -0.05) is 18.2 Å². The minimum atomic E-state index is -0.340. The van der Waals surface area contributed by atoms with Crippen LogP contribution in [0.25, 0.3) is 11.1 Å². The van der Waals surface area contributed by atoms with Crippen LogP contribution in [0.1, 0.15) is 41.9 Å². The summed E-state index contributed by atoms with van der Waals surface area (Å²) in [6, 6.07) is 10.8. The first-order valence-electron chi connectivity index (χ1n) is 7.80. The fourth-order valence-corrected chi connectivity index (χ4v) is 3.11. The zero-order valence-electron chi connectivity index (χ0n) is 13.1. The fourth-order valence-electron chi connectivity index (χ4n) is 3.11. The van der Waals surface area contributed by atoms with E-state index in [0.717, 1.165) is 11.1 Å². The maximum absolute atomic E-state index is 11.5. The summed E-state index contributed by atoms with van der Waals surface area (Å²) >= 11 is 0. The number of esters is 1. The zero-order chi connectivity index (χ0) is 15.5. The molecule has 1 aromatic carbocycles.